The van der Waals surface area contributed by atoms with Crippen molar-refractivity contribution in [2.45, 2.75) is 45.8 Å². The third-order valence-electron chi connectivity index (χ3n) is 4.17. The van der Waals surface area contributed by atoms with Gasteiger partial charge in [-0.3, -0.25) is 4.79 Å². The van der Waals surface area contributed by atoms with Gasteiger partial charge in [-0.2, -0.15) is 0 Å². The van der Waals surface area contributed by atoms with Crippen LogP contribution < -0.4 is 16.2 Å². The van der Waals surface area contributed by atoms with Crippen molar-refractivity contribution in [1.82, 2.24) is 15.6 Å². The second kappa shape index (κ2) is 8.16. The Hall–Kier alpha value is -2.34. The van der Waals surface area contributed by atoms with Gasteiger partial charge in [0.25, 0.3) is 0 Å². The molecule has 0 aliphatic heterocycles. The summed E-state index contributed by atoms with van der Waals surface area (Å²) in [5, 5.41) is 16.6. The molecular formula is C19H27N3O3. The van der Waals surface area contributed by atoms with Crippen LogP contribution in [0.2, 0.25) is 0 Å². The second-order valence-electron chi connectivity index (χ2n) is 7.17. The van der Waals surface area contributed by atoms with E-state index < -0.39 is 5.60 Å². The standard InChI is InChI=1S/C19H27N3O3/c1-13(2)8-9-19(3,25)12-21-18(24)20-11-14-10-17(23)22-16-7-5-4-6-15(14)16/h4-7,10,13,25H,8-9,11-12H2,1-3H3,(H,22,23)(H2,20,21,24). The van der Waals surface area contributed by atoms with Gasteiger partial charge < -0.3 is 20.7 Å². The lowest BCUT2D eigenvalue weighted by Gasteiger charge is -2.24. The number of carbonyl (C=O) groups excluding carboxylic acids is 1. The number of rotatable bonds is 7. The normalized spacial score (nSPS) is 13.6. The molecule has 2 rings (SSSR count). The van der Waals surface area contributed by atoms with Gasteiger partial charge in [0.15, 0.2) is 0 Å². The molecule has 1 aromatic carbocycles. The van der Waals surface area contributed by atoms with E-state index in [2.05, 4.69) is 29.5 Å². The Morgan fingerprint density at radius 2 is 2.00 bits per heavy atom. The maximum atomic E-state index is 12.0. The van der Waals surface area contributed by atoms with Crippen LogP contribution in [0.1, 0.15) is 39.2 Å². The van der Waals surface area contributed by atoms with Crippen LogP contribution in [-0.4, -0.2) is 28.3 Å². The molecule has 0 aliphatic carbocycles. The summed E-state index contributed by atoms with van der Waals surface area (Å²) in [6.45, 7) is 6.34. The molecule has 4 N–H and O–H groups in total. The Balaban J connectivity index is 1.91. The fourth-order valence-corrected chi connectivity index (χ4v) is 2.62. The van der Waals surface area contributed by atoms with Crippen molar-refractivity contribution in [3.05, 3.63) is 46.2 Å². The number of carbonyl (C=O) groups is 1. The fourth-order valence-electron chi connectivity index (χ4n) is 2.62. The Labute approximate surface area is 147 Å². The summed E-state index contributed by atoms with van der Waals surface area (Å²) in [5.74, 6) is 0.504. The Bertz CT molecular complexity index is 781. The number of hydrogen-bond donors (Lipinski definition) is 4. The minimum absolute atomic E-state index is 0.182. The van der Waals surface area contributed by atoms with Crippen LogP contribution in [0.15, 0.2) is 35.1 Å². The SMILES string of the molecule is CC(C)CCC(C)(O)CNC(=O)NCc1cc(=O)[nH]c2ccccc12. The van der Waals surface area contributed by atoms with Gasteiger partial charge in [0.2, 0.25) is 5.56 Å². The molecule has 1 unspecified atom stereocenters. The van der Waals surface area contributed by atoms with Gasteiger partial charge in [0.05, 0.1) is 5.60 Å². The highest BCUT2D eigenvalue weighted by molar-refractivity contribution is 5.82. The van der Waals surface area contributed by atoms with Crippen LogP contribution in [0.5, 0.6) is 0 Å². The lowest BCUT2D eigenvalue weighted by Crippen LogP contribution is -2.44. The van der Waals surface area contributed by atoms with Crippen LogP contribution in [-0.2, 0) is 6.54 Å². The quantitative estimate of drug-likeness (QED) is 0.621. The molecule has 25 heavy (non-hydrogen) atoms. The molecule has 2 aromatic rings. The molecule has 0 aliphatic rings. The van der Waals surface area contributed by atoms with Gasteiger partial charge >= 0.3 is 6.03 Å². The lowest BCUT2D eigenvalue weighted by molar-refractivity contribution is 0.0476. The highest BCUT2D eigenvalue weighted by Crippen LogP contribution is 2.16. The summed E-state index contributed by atoms with van der Waals surface area (Å²) >= 11 is 0. The Morgan fingerprint density at radius 1 is 1.28 bits per heavy atom. The molecule has 0 radical (unpaired) electrons. The van der Waals surface area contributed by atoms with Gasteiger partial charge in [-0.05, 0) is 37.3 Å². The first-order valence-corrected chi connectivity index (χ1v) is 8.62. The first kappa shape index (κ1) is 19.0. The van der Waals surface area contributed by atoms with E-state index in [0.717, 1.165) is 22.9 Å². The number of nitrogens with one attached hydrogen (secondary N) is 3. The highest BCUT2D eigenvalue weighted by atomic mass is 16.3. The summed E-state index contributed by atoms with van der Waals surface area (Å²) < 4.78 is 0. The third-order valence-corrected chi connectivity index (χ3v) is 4.17. The first-order chi connectivity index (χ1) is 11.8. The monoisotopic (exact) mass is 345 g/mol. The van der Waals surface area contributed by atoms with Crippen LogP contribution in [0.4, 0.5) is 4.79 Å². The molecule has 0 saturated heterocycles. The highest BCUT2D eigenvalue weighted by Gasteiger charge is 2.21. The topological polar surface area (TPSA) is 94.2 Å². The molecule has 0 spiro atoms. The molecular weight excluding hydrogens is 318 g/mol. The number of hydrogen-bond acceptors (Lipinski definition) is 3. The van der Waals surface area contributed by atoms with Gasteiger partial charge in [0, 0.05) is 30.1 Å². The molecule has 6 nitrogen and oxygen atoms in total. The third kappa shape index (κ3) is 5.90. The number of urea groups is 1. The van der Waals surface area contributed by atoms with E-state index in [9.17, 15) is 14.7 Å². The van der Waals surface area contributed by atoms with Crippen molar-refractivity contribution in [3.63, 3.8) is 0 Å². The number of pyridine rings is 1. The predicted octanol–water partition coefficient (Wildman–Crippen LogP) is 2.51. The van der Waals surface area contributed by atoms with Gasteiger partial charge in [-0.25, -0.2) is 4.79 Å². The van der Waals surface area contributed by atoms with Gasteiger partial charge in [-0.1, -0.05) is 32.0 Å². The molecule has 1 heterocycles. The minimum Gasteiger partial charge on any atom is -0.388 e. The predicted molar refractivity (Wildman–Crippen MR) is 99.5 cm³/mol. The van der Waals surface area contributed by atoms with E-state index in [1.165, 1.54) is 6.07 Å². The summed E-state index contributed by atoms with van der Waals surface area (Å²) in [6.07, 6.45) is 1.53. The van der Waals surface area contributed by atoms with Crippen LogP contribution in [0, 0.1) is 5.92 Å². The molecule has 0 bridgehead atoms. The number of fused-ring (bicyclic) bond motifs is 1. The van der Waals surface area contributed by atoms with Gasteiger partial charge in [-0.15, -0.1) is 0 Å². The van der Waals surface area contributed by atoms with Crippen molar-refractivity contribution in [2.24, 2.45) is 5.92 Å². The fraction of sp³-hybridized carbons (Fsp3) is 0.474. The second-order valence-corrected chi connectivity index (χ2v) is 7.17. The molecule has 136 valence electrons. The number of aromatic amines is 1. The lowest BCUT2D eigenvalue weighted by atomic mass is 9.95. The number of aromatic nitrogens is 1. The summed E-state index contributed by atoms with van der Waals surface area (Å²) in [4.78, 5) is 26.5. The van der Waals surface area contributed by atoms with E-state index in [0.29, 0.717) is 12.3 Å². The number of H-pyrrole nitrogens is 1. The van der Waals surface area contributed by atoms with Crippen molar-refractivity contribution < 1.29 is 9.90 Å². The largest absolute Gasteiger partial charge is 0.388 e. The van der Waals surface area contributed by atoms with Crippen molar-refractivity contribution in [3.8, 4) is 0 Å². The molecule has 1 atom stereocenters. The molecule has 2 amide bonds. The molecule has 6 heteroatoms. The number of para-hydroxylation sites is 1. The molecule has 0 saturated carbocycles. The zero-order valence-electron chi connectivity index (χ0n) is 15.1. The van der Waals surface area contributed by atoms with Crippen molar-refractivity contribution in [1.29, 1.82) is 0 Å². The van der Waals surface area contributed by atoms with E-state index in [4.69, 9.17) is 0 Å². The zero-order valence-corrected chi connectivity index (χ0v) is 15.1. The summed E-state index contributed by atoms with van der Waals surface area (Å²) in [5.41, 5.74) is 0.357. The average molecular weight is 345 g/mol. The van der Waals surface area contributed by atoms with E-state index in [-0.39, 0.29) is 24.7 Å². The zero-order chi connectivity index (χ0) is 18.4. The smallest absolute Gasteiger partial charge is 0.315 e. The number of aliphatic hydroxyl groups is 1. The van der Waals surface area contributed by atoms with Crippen molar-refractivity contribution >= 4 is 16.9 Å². The Morgan fingerprint density at radius 3 is 2.72 bits per heavy atom. The molecule has 1 aromatic heterocycles. The number of benzene rings is 1. The molecule has 0 fully saturated rings. The summed E-state index contributed by atoms with van der Waals surface area (Å²) in [7, 11) is 0. The maximum absolute atomic E-state index is 12.0. The van der Waals surface area contributed by atoms with Crippen LogP contribution >= 0.6 is 0 Å². The van der Waals surface area contributed by atoms with E-state index >= 15 is 0 Å². The number of amides is 2. The van der Waals surface area contributed by atoms with Crippen LogP contribution in [0.3, 0.4) is 0 Å². The van der Waals surface area contributed by atoms with Crippen molar-refractivity contribution in [2.75, 3.05) is 6.54 Å². The van der Waals surface area contributed by atoms with Gasteiger partial charge in [0.1, 0.15) is 0 Å². The van der Waals surface area contributed by atoms with E-state index in [1.54, 1.807) is 6.92 Å². The Kier molecular flexibility index (Phi) is 6.20. The minimum atomic E-state index is -0.932. The van der Waals surface area contributed by atoms with E-state index in [1.807, 2.05) is 24.3 Å². The van der Waals surface area contributed by atoms with Crippen LogP contribution in [0.25, 0.3) is 10.9 Å². The maximum Gasteiger partial charge on any atom is 0.315 e. The summed E-state index contributed by atoms with van der Waals surface area (Å²) in [6, 6.07) is 8.58. The average Bonchev–Trinajstić information content (AvgIpc) is 2.56. The first-order valence-electron chi connectivity index (χ1n) is 8.62.